The Balaban J connectivity index is 1.43. The molecule has 0 spiro atoms. The van der Waals surface area contributed by atoms with Gasteiger partial charge < -0.3 is 10.1 Å². The average Bonchev–Trinajstić information content (AvgIpc) is 3.29. The topological polar surface area (TPSA) is 114 Å². The van der Waals surface area contributed by atoms with E-state index < -0.39 is 0 Å². The first-order chi connectivity index (χ1) is 14.3. The molecule has 4 rings (SSSR count). The molecule has 0 fully saturated rings. The number of pyridine rings is 1. The molecule has 0 aliphatic heterocycles. The third-order valence-electron chi connectivity index (χ3n) is 3.98. The number of rotatable bonds is 7. The highest BCUT2D eigenvalue weighted by Crippen LogP contribution is 2.23. The molecule has 3 aromatic heterocycles. The molecule has 0 unspecified atom stereocenters. The zero-order valence-electron chi connectivity index (χ0n) is 15.3. The first-order valence-corrected chi connectivity index (χ1v) is 8.83. The van der Waals surface area contributed by atoms with E-state index in [2.05, 4.69) is 36.5 Å². The third-order valence-corrected chi connectivity index (χ3v) is 3.98. The van der Waals surface area contributed by atoms with Crippen molar-refractivity contribution < 1.29 is 4.74 Å². The van der Waals surface area contributed by atoms with Crippen LogP contribution in [-0.2, 0) is 6.54 Å². The van der Waals surface area contributed by atoms with E-state index >= 15 is 0 Å². The summed E-state index contributed by atoms with van der Waals surface area (Å²) in [5.41, 5.74) is 2.47. The lowest BCUT2D eigenvalue weighted by Gasteiger charge is -2.09. The zero-order chi connectivity index (χ0) is 19.9. The van der Waals surface area contributed by atoms with Crippen molar-refractivity contribution in [2.75, 3.05) is 11.9 Å². The monoisotopic (exact) mass is 384 g/mol. The third kappa shape index (κ3) is 4.51. The minimum atomic E-state index is 0.388. The van der Waals surface area contributed by atoms with Crippen LogP contribution < -0.4 is 10.1 Å². The van der Waals surface area contributed by atoms with Gasteiger partial charge in [-0.3, -0.25) is 4.98 Å². The molecule has 0 saturated heterocycles. The predicted octanol–water partition coefficient (Wildman–Crippen LogP) is 2.82. The van der Waals surface area contributed by atoms with E-state index in [1.165, 1.54) is 6.20 Å². The molecule has 0 saturated carbocycles. The highest BCUT2D eigenvalue weighted by atomic mass is 16.5. The smallest absolute Gasteiger partial charge is 0.227 e. The summed E-state index contributed by atoms with van der Waals surface area (Å²) in [5, 5.41) is 20.5. The van der Waals surface area contributed by atoms with Crippen LogP contribution in [0.2, 0.25) is 0 Å². The van der Waals surface area contributed by atoms with Crippen molar-refractivity contribution >= 4 is 11.6 Å². The number of nitriles is 1. The largest absolute Gasteiger partial charge is 0.492 e. The van der Waals surface area contributed by atoms with Gasteiger partial charge in [-0.2, -0.15) is 20.3 Å². The summed E-state index contributed by atoms with van der Waals surface area (Å²) in [6.07, 6.45) is 8.10. The number of anilines is 2. The number of nitrogens with one attached hydrogen (secondary N) is 1. The number of hydrogen-bond donors (Lipinski definition) is 1. The van der Waals surface area contributed by atoms with Gasteiger partial charge >= 0.3 is 0 Å². The molecule has 4 aromatic rings. The van der Waals surface area contributed by atoms with Crippen molar-refractivity contribution in [3.05, 3.63) is 72.9 Å². The predicted molar refractivity (Wildman–Crippen MR) is 105 cm³/mol. The van der Waals surface area contributed by atoms with Crippen LogP contribution in [0.25, 0.3) is 11.3 Å². The molecule has 0 amide bonds. The molecule has 142 valence electrons. The Morgan fingerprint density at radius 2 is 1.86 bits per heavy atom. The van der Waals surface area contributed by atoms with Gasteiger partial charge in [0.1, 0.15) is 18.4 Å². The van der Waals surface area contributed by atoms with Crippen LogP contribution >= 0.6 is 0 Å². The normalized spacial score (nSPS) is 10.3. The number of nitrogens with zero attached hydrogens (tertiary/aromatic N) is 7. The van der Waals surface area contributed by atoms with Crippen LogP contribution in [-0.4, -0.2) is 36.6 Å². The summed E-state index contributed by atoms with van der Waals surface area (Å²) in [4.78, 5) is 14.3. The Kier molecular flexibility index (Phi) is 5.34. The SMILES string of the molecule is N#Cc1cnc(Nc2ccc(OCCn3nccn3)cc2)nc1-c1cccnc1. The van der Waals surface area contributed by atoms with Crippen molar-refractivity contribution in [1.29, 1.82) is 5.26 Å². The van der Waals surface area contributed by atoms with Crippen molar-refractivity contribution in [2.24, 2.45) is 0 Å². The van der Waals surface area contributed by atoms with E-state index in [1.54, 1.807) is 35.7 Å². The second-order valence-corrected chi connectivity index (χ2v) is 5.93. The summed E-state index contributed by atoms with van der Waals surface area (Å²) < 4.78 is 5.69. The molecule has 9 nitrogen and oxygen atoms in total. The number of benzene rings is 1. The molecule has 0 bridgehead atoms. The van der Waals surface area contributed by atoms with E-state index in [1.807, 2.05) is 30.3 Å². The highest BCUT2D eigenvalue weighted by Gasteiger charge is 2.10. The molecule has 1 aromatic carbocycles. The molecule has 0 atom stereocenters. The van der Waals surface area contributed by atoms with Crippen LogP contribution in [0.5, 0.6) is 5.75 Å². The fraction of sp³-hybridized carbons (Fsp3) is 0.100. The molecule has 1 N–H and O–H groups in total. The fourth-order valence-corrected chi connectivity index (χ4v) is 2.61. The van der Waals surface area contributed by atoms with E-state index in [-0.39, 0.29) is 0 Å². The molecule has 3 heterocycles. The lowest BCUT2D eigenvalue weighted by atomic mass is 10.1. The molecule has 29 heavy (non-hydrogen) atoms. The Hall–Kier alpha value is -4.32. The molecule has 0 radical (unpaired) electrons. The van der Waals surface area contributed by atoms with Gasteiger partial charge in [0.2, 0.25) is 5.95 Å². The van der Waals surface area contributed by atoms with Crippen LogP contribution in [0.1, 0.15) is 5.56 Å². The summed E-state index contributed by atoms with van der Waals surface area (Å²) in [6.45, 7) is 1.04. The molecular formula is C20H16N8O. The molecule has 0 aliphatic rings. The minimum absolute atomic E-state index is 0.388. The average molecular weight is 384 g/mol. The Morgan fingerprint density at radius 3 is 2.59 bits per heavy atom. The maximum Gasteiger partial charge on any atom is 0.227 e. The minimum Gasteiger partial charge on any atom is -0.492 e. The second kappa shape index (κ2) is 8.58. The standard InChI is InChI=1S/C20H16N8O/c21-12-16-14-23-20(27-19(16)15-2-1-7-22-13-15)26-17-3-5-18(6-4-17)29-11-10-28-24-8-9-25-28/h1-9,13-14H,10-11H2,(H,23,26,27). The van der Waals surface area contributed by atoms with Crippen molar-refractivity contribution in [3.8, 4) is 23.1 Å². The van der Waals surface area contributed by atoms with Gasteiger partial charge in [0.05, 0.1) is 36.4 Å². The molecule has 9 heteroatoms. The van der Waals surface area contributed by atoms with Crippen LogP contribution in [0.3, 0.4) is 0 Å². The fourth-order valence-electron chi connectivity index (χ4n) is 2.61. The quantitative estimate of drug-likeness (QED) is 0.517. The summed E-state index contributed by atoms with van der Waals surface area (Å²) in [7, 11) is 0. The van der Waals surface area contributed by atoms with Crippen molar-refractivity contribution in [3.63, 3.8) is 0 Å². The van der Waals surface area contributed by atoms with Crippen LogP contribution in [0.4, 0.5) is 11.6 Å². The second-order valence-electron chi connectivity index (χ2n) is 5.93. The number of aromatic nitrogens is 6. The lowest BCUT2D eigenvalue weighted by Crippen LogP contribution is -2.10. The summed E-state index contributed by atoms with van der Waals surface area (Å²) >= 11 is 0. The number of hydrogen-bond acceptors (Lipinski definition) is 8. The highest BCUT2D eigenvalue weighted by molar-refractivity contribution is 5.67. The Bertz CT molecular complexity index is 1110. The van der Waals surface area contributed by atoms with Gasteiger partial charge in [0.15, 0.2) is 0 Å². The Labute approximate surface area is 166 Å². The molecule has 0 aliphatic carbocycles. The number of ether oxygens (including phenoxy) is 1. The lowest BCUT2D eigenvalue weighted by molar-refractivity contribution is 0.282. The van der Waals surface area contributed by atoms with E-state index in [0.717, 1.165) is 17.0 Å². The van der Waals surface area contributed by atoms with Crippen LogP contribution in [0, 0.1) is 11.3 Å². The molecular weight excluding hydrogens is 368 g/mol. The first kappa shape index (κ1) is 18.1. The summed E-state index contributed by atoms with van der Waals surface area (Å²) in [6, 6.07) is 13.2. The van der Waals surface area contributed by atoms with Gasteiger partial charge in [-0.1, -0.05) is 0 Å². The van der Waals surface area contributed by atoms with Gasteiger partial charge in [0, 0.05) is 23.6 Å². The first-order valence-electron chi connectivity index (χ1n) is 8.83. The summed E-state index contributed by atoms with van der Waals surface area (Å²) in [5.74, 6) is 1.13. The van der Waals surface area contributed by atoms with Crippen molar-refractivity contribution in [2.45, 2.75) is 6.54 Å². The Morgan fingerprint density at radius 1 is 1.03 bits per heavy atom. The van der Waals surface area contributed by atoms with Crippen molar-refractivity contribution in [1.82, 2.24) is 29.9 Å². The van der Waals surface area contributed by atoms with Gasteiger partial charge in [-0.15, -0.1) is 0 Å². The van der Waals surface area contributed by atoms with Gasteiger partial charge in [-0.05, 0) is 36.4 Å². The zero-order valence-corrected chi connectivity index (χ0v) is 15.3. The maximum atomic E-state index is 9.33. The van der Waals surface area contributed by atoms with Gasteiger partial charge in [0.25, 0.3) is 0 Å². The van der Waals surface area contributed by atoms with E-state index in [0.29, 0.717) is 30.4 Å². The van der Waals surface area contributed by atoms with E-state index in [4.69, 9.17) is 4.74 Å². The van der Waals surface area contributed by atoms with E-state index in [9.17, 15) is 5.26 Å². The maximum absolute atomic E-state index is 9.33. The van der Waals surface area contributed by atoms with Gasteiger partial charge in [-0.25, -0.2) is 9.97 Å². The van der Waals surface area contributed by atoms with Crippen LogP contribution in [0.15, 0.2) is 67.4 Å².